The number of benzene rings is 2. The van der Waals surface area contributed by atoms with E-state index < -0.39 is 37.3 Å². The van der Waals surface area contributed by atoms with Crippen molar-refractivity contribution < 1.29 is 29.2 Å². The highest BCUT2D eigenvalue weighted by Crippen LogP contribution is 2.30. The van der Waals surface area contributed by atoms with Crippen LogP contribution < -0.4 is 0 Å². The Morgan fingerprint density at radius 1 is 0.889 bits per heavy atom. The second-order valence-corrected chi connectivity index (χ2v) is 6.48. The summed E-state index contributed by atoms with van der Waals surface area (Å²) in [5.74, 6) is 0. The molecule has 1 aliphatic heterocycles. The number of hydrogen-bond donors (Lipinski definition) is 2. The summed E-state index contributed by atoms with van der Waals surface area (Å²) in [5, 5.41) is 19.6. The molecule has 0 aromatic heterocycles. The van der Waals surface area contributed by atoms with Crippen LogP contribution in [0.5, 0.6) is 0 Å². The first kappa shape index (κ1) is 19.9. The van der Waals surface area contributed by atoms with E-state index in [1.807, 2.05) is 60.7 Å². The van der Waals surface area contributed by atoms with Crippen LogP contribution >= 0.6 is 0 Å². The molecule has 2 aromatic rings. The molecule has 0 spiro atoms. The van der Waals surface area contributed by atoms with Crippen LogP contribution in [-0.2, 0) is 32.2 Å². The van der Waals surface area contributed by atoms with Crippen molar-refractivity contribution in [2.24, 2.45) is 0 Å². The molecule has 27 heavy (non-hydrogen) atoms. The molecule has 1 aliphatic rings. The van der Waals surface area contributed by atoms with Gasteiger partial charge in [-0.2, -0.15) is 0 Å². The van der Waals surface area contributed by atoms with Crippen molar-refractivity contribution >= 4 is 0 Å². The SMILES string of the molecule is CO[C@H]1O[C@@H]([C@@H](O)CO)[C@H](OCc2ccccc2)[C@H]1OCc1ccccc1. The van der Waals surface area contributed by atoms with Gasteiger partial charge >= 0.3 is 0 Å². The van der Waals surface area contributed by atoms with Crippen LogP contribution in [-0.4, -0.2) is 54.6 Å². The summed E-state index contributed by atoms with van der Waals surface area (Å²) in [6, 6.07) is 19.5. The van der Waals surface area contributed by atoms with Gasteiger partial charge in [0.05, 0.1) is 19.8 Å². The Morgan fingerprint density at radius 2 is 1.41 bits per heavy atom. The van der Waals surface area contributed by atoms with Crippen molar-refractivity contribution in [3.05, 3.63) is 71.8 Å². The third-order valence-electron chi connectivity index (χ3n) is 4.58. The van der Waals surface area contributed by atoms with E-state index in [2.05, 4.69) is 0 Å². The molecular weight excluding hydrogens is 348 g/mol. The highest BCUT2D eigenvalue weighted by molar-refractivity contribution is 5.14. The average Bonchev–Trinajstić information content (AvgIpc) is 3.09. The normalized spacial score (nSPS) is 26.2. The van der Waals surface area contributed by atoms with Gasteiger partial charge in [0.1, 0.15) is 24.4 Å². The van der Waals surface area contributed by atoms with Crippen LogP contribution in [0.2, 0.25) is 0 Å². The largest absolute Gasteiger partial charge is 0.394 e. The quantitative estimate of drug-likeness (QED) is 0.698. The summed E-state index contributed by atoms with van der Waals surface area (Å²) in [7, 11) is 1.52. The van der Waals surface area contributed by atoms with Gasteiger partial charge in [-0.15, -0.1) is 0 Å². The standard InChI is InChI=1S/C21H26O6/c1-24-21-20(26-14-16-10-6-3-7-11-16)19(18(27-21)17(23)12-22)25-13-15-8-4-2-5-9-15/h2-11,17-23H,12-14H2,1H3/t17-,18-,19-,20+,21-/m0/s1. The van der Waals surface area contributed by atoms with Crippen molar-refractivity contribution in [1.82, 2.24) is 0 Å². The fourth-order valence-electron chi connectivity index (χ4n) is 3.15. The van der Waals surface area contributed by atoms with Gasteiger partial charge in [0.15, 0.2) is 6.29 Å². The molecule has 0 saturated carbocycles. The van der Waals surface area contributed by atoms with E-state index >= 15 is 0 Å². The maximum Gasteiger partial charge on any atom is 0.186 e. The summed E-state index contributed by atoms with van der Waals surface area (Å²) < 4.78 is 23.3. The molecule has 146 valence electrons. The van der Waals surface area contributed by atoms with Crippen molar-refractivity contribution in [3.63, 3.8) is 0 Å². The van der Waals surface area contributed by atoms with E-state index in [1.165, 1.54) is 7.11 Å². The first-order valence-corrected chi connectivity index (χ1v) is 9.01. The molecule has 1 saturated heterocycles. The summed E-state index contributed by atoms with van der Waals surface area (Å²) in [4.78, 5) is 0. The van der Waals surface area contributed by atoms with Gasteiger partial charge < -0.3 is 29.2 Å². The summed E-state index contributed by atoms with van der Waals surface area (Å²) in [6.45, 7) is 0.269. The van der Waals surface area contributed by atoms with Crippen LogP contribution in [0.1, 0.15) is 11.1 Å². The van der Waals surface area contributed by atoms with E-state index in [9.17, 15) is 10.2 Å². The molecule has 0 radical (unpaired) electrons. The average molecular weight is 374 g/mol. The highest BCUT2D eigenvalue weighted by Gasteiger charge is 2.49. The Bertz CT molecular complexity index is 665. The van der Waals surface area contributed by atoms with Gasteiger partial charge in [0, 0.05) is 7.11 Å². The molecule has 1 fully saturated rings. The molecule has 0 aliphatic carbocycles. The monoisotopic (exact) mass is 374 g/mol. The molecule has 5 atom stereocenters. The van der Waals surface area contributed by atoms with E-state index in [-0.39, 0.29) is 0 Å². The van der Waals surface area contributed by atoms with Crippen molar-refractivity contribution in [1.29, 1.82) is 0 Å². The predicted octanol–water partition coefficient (Wildman–Crippen LogP) is 1.88. The maximum atomic E-state index is 10.2. The zero-order valence-electron chi connectivity index (χ0n) is 15.3. The Labute approximate surface area is 159 Å². The van der Waals surface area contributed by atoms with Crippen LogP contribution in [0, 0.1) is 0 Å². The first-order chi connectivity index (χ1) is 13.2. The molecule has 6 heteroatoms. The van der Waals surface area contributed by atoms with Gasteiger partial charge in [-0.1, -0.05) is 60.7 Å². The minimum absolute atomic E-state index is 0.338. The van der Waals surface area contributed by atoms with Gasteiger partial charge in [-0.25, -0.2) is 0 Å². The second kappa shape index (κ2) is 9.94. The zero-order chi connectivity index (χ0) is 19.1. The van der Waals surface area contributed by atoms with Gasteiger partial charge in [-0.05, 0) is 11.1 Å². The Balaban J connectivity index is 1.72. The van der Waals surface area contributed by atoms with E-state index in [0.717, 1.165) is 11.1 Å². The van der Waals surface area contributed by atoms with E-state index in [4.69, 9.17) is 18.9 Å². The smallest absolute Gasteiger partial charge is 0.186 e. The molecule has 2 N–H and O–H groups in total. The molecular formula is C21H26O6. The third kappa shape index (κ3) is 5.13. The minimum Gasteiger partial charge on any atom is -0.394 e. The van der Waals surface area contributed by atoms with Crippen LogP contribution in [0.15, 0.2) is 60.7 Å². The lowest BCUT2D eigenvalue weighted by Crippen LogP contribution is -2.43. The van der Waals surface area contributed by atoms with Crippen LogP contribution in [0.3, 0.4) is 0 Å². The number of methoxy groups -OCH3 is 1. The molecule has 3 rings (SSSR count). The molecule has 0 bridgehead atoms. The van der Waals surface area contributed by atoms with Crippen LogP contribution in [0.4, 0.5) is 0 Å². The van der Waals surface area contributed by atoms with Gasteiger partial charge in [-0.3, -0.25) is 0 Å². The molecule has 2 aromatic carbocycles. The molecule has 6 nitrogen and oxygen atoms in total. The van der Waals surface area contributed by atoms with Crippen molar-refractivity contribution in [2.45, 2.75) is 43.9 Å². The number of ether oxygens (including phenoxy) is 4. The van der Waals surface area contributed by atoms with Gasteiger partial charge in [0.2, 0.25) is 0 Å². The fourth-order valence-corrected chi connectivity index (χ4v) is 3.15. The Kier molecular flexibility index (Phi) is 7.34. The lowest BCUT2D eigenvalue weighted by Gasteiger charge is -2.26. The van der Waals surface area contributed by atoms with Gasteiger partial charge in [0.25, 0.3) is 0 Å². The van der Waals surface area contributed by atoms with E-state index in [0.29, 0.717) is 13.2 Å². The minimum atomic E-state index is -1.09. The second-order valence-electron chi connectivity index (χ2n) is 6.48. The van der Waals surface area contributed by atoms with Crippen molar-refractivity contribution in [2.75, 3.05) is 13.7 Å². The summed E-state index contributed by atoms with van der Waals surface area (Å²) in [6.07, 6.45) is -3.65. The fraction of sp³-hybridized carbons (Fsp3) is 0.429. The van der Waals surface area contributed by atoms with Crippen molar-refractivity contribution in [3.8, 4) is 0 Å². The lowest BCUT2D eigenvalue weighted by molar-refractivity contribution is -0.177. The summed E-state index contributed by atoms with van der Waals surface area (Å²) >= 11 is 0. The lowest BCUT2D eigenvalue weighted by atomic mass is 10.1. The molecule has 0 amide bonds. The highest BCUT2D eigenvalue weighted by atomic mass is 16.7. The number of aliphatic hydroxyl groups is 2. The number of aliphatic hydroxyl groups excluding tert-OH is 2. The predicted molar refractivity (Wildman–Crippen MR) is 98.8 cm³/mol. The topological polar surface area (TPSA) is 77.4 Å². The Hall–Kier alpha value is -1.80. The number of rotatable bonds is 9. The third-order valence-corrected chi connectivity index (χ3v) is 4.58. The van der Waals surface area contributed by atoms with Crippen LogP contribution in [0.25, 0.3) is 0 Å². The van der Waals surface area contributed by atoms with E-state index in [1.54, 1.807) is 0 Å². The Morgan fingerprint density at radius 3 is 1.89 bits per heavy atom. The zero-order valence-corrected chi connectivity index (χ0v) is 15.3. The maximum absolute atomic E-state index is 10.2. The number of hydrogen-bond acceptors (Lipinski definition) is 6. The summed E-state index contributed by atoms with van der Waals surface area (Å²) in [5.41, 5.74) is 2.01. The first-order valence-electron chi connectivity index (χ1n) is 9.01. The molecule has 1 heterocycles. The molecule has 0 unspecified atom stereocenters.